The highest BCUT2D eigenvalue weighted by Gasteiger charge is 2.53. The number of benzene rings is 1. The summed E-state index contributed by atoms with van der Waals surface area (Å²) in [5.74, 6) is 0.470. The molecular weight excluding hydrogens is 174 g/mol. The quantitative estimate of drug-likeness (QED) is 0.759. The van der Waals surface area contributed by atoms with Gasteiger partial charge in [0.15, 0.2) is 0 Å². The van der Waals surface area contributed by atoms with Crippen LogP contribution in [0, 0.1) is 12.3 Å². The average molecular weight is 191 g/mol. The maximum absolute atomic E-state index is 9.26. The Labute approximate surface area is 84.7 Å². The summed E-state index contributed by atoms with van der Waals surface area (Å²) >= 11 is 0. The third-order valence-corrected chi connectivity index (χ3v) is 3.39. The summed E-state index contributed by atoms with van der Waals surface area (Å²) in [7, 11) is 0. The van der Waals surface area contributed by atoms with Crippen molar-refractivity contribution in [1.82, 2.24) is 0 Å². The third kappa shape index (κ3) is 1.45. The van der Waals surface area contributed by atoms with Gasteiger partial charge in [0.1, 0.15) is 0 Å². The van der Waals surface area contributed by atoms with Crippen molar-refractivity contribution in [3.05, 3.63) is 35.4 Å². The van der Waals surface area contributed by atoms with E-state index < -0.39 is 0 Å². The molecule has 1 aliphatic rings. The number of nitrogens with two attached hydrogens (primary N) is 1. The number of aliphatic hydroxyl groups excluding tert-OH is 1. The molecule has 14 heavy (non-hydrogen) atoms. The van der Waals surface area contributed by atoms with Gasteiger partial charge in [0.05, 0.1) is 6.61 Å². The minimum Gasteiger partial charge on any atom is -0.396 e. The lowest BCUT2D eigenvalue weighted by molar-refractivity contribution is 0.211. The zero-order valence-electron chi connectivity index (χ0n) is 8.53. The fourth-order valence-electron chi connectivity index (χ4n) is 2.08. The zero-order chi connectivity index (χ0) is 10.2. The van der Waals surface area contributed by atoms with Crippen molar-refractivity contribution in [3.63, 3.8) is 0 Å². The maximum Gasteiger partial charge on any atom is 0.0505 e. The van der Waals surface area contributed by atoms with Gasteiger partial charge in [-0.25, -0.2) is 0 Å². The Kier molecular flexibility index (Phi) is 2.33. The number of aryl methyl sites for hydroxylation is 1. The molecule has 3 N–H and O–H groups in total. The zero-order valence-corrected chi connectivity index (χ0v) is 8.53. The molecule has 0 unspecified atom stereocenters. The van der Waals surface area contributed by atoms with Crippen LogP contribution in [0.1, 0.15) is 23.5 Å². The molecule has 1 saturated carbocycles. The van der Waals surface area contributed by atoms with Gasteiger partial charge in [-0.1, -0.05) is 29.8 Å². The van der Waals surface area contributed by atoms with E-state index in [1.807, 2.05) is 0 Å². The lowest BCUT2D eigenvalue weighted by atomic mass is 9.99. The predicted molar refractivity (Wildman–Crippen MR) is 57.1 cm³/mol. The predicted octanol–water partition coefficient (Wildman–Crippen LogP) is 1.42. The Hall–Kier alpha value is -0.860. The van der Waals surface area contributed by atoms with Gasteiger partial charge in [-0.15, -0.1) is 0 Å². The maximum atomic E-state index is 9.26. The Bertz CT molecular complexity index is 314. The number of hydrogen-bond donors (Lipinski definition) is 2. The first kappa shape index (κ1) is 9.69. The highest BCUT2D eigenvalue weighted by Crippen LogP contribution is 2.58. The Morgan fingerprint density at radius 1 is 1.43 bits per heavy atom. The summed E-state index contributed by atoms with van der Waals surface area (Å²) in [4.78, 5) is 0. The first-order chi connectivity index (χ1) is 6.72. The minimum absolute atomic E-state index is 0.0186. The summed E-state index contributed by atoms with van der Waals surface area (Å²) in [6.07, 6.45) is 1.03. The molecule has 0 spiro atoms. The molecule has 0 saturated heterocycles. The fourth-order valence-corrected chi connectivity index (χ4v) is 2.08. The Balaban J connectivity index is 2.16. The summed E-state index contributed by atoms with van der Waals surface area (Å²) < 4.78 is 0. The summed E-state index contributed by atoms with van der Waals surface area (Å²) in [6, 6.07) is 8.53. The highest BCUT2D eigenvalue weighted by atomic mass is 16.3. The molecule has 2 nitrogen and oxygen atoms in total. The van der Waals surface area contributed by atoms with E-state index in [4.69, 9.17) is 5.73 Å². The van der Waals surface area contributed by atoms with Crippen molar-refractivity contribution < 1.29 is 5.11 Å². The van der Waals surface area contributed by atoms with Crippen molar-refractivity contribution in [2.45, 2.75) is 19.3 Å². The summed E-state index contributed by atoms with van der Waals surface area (Å²) in [6.45, 7) is 2.88. The van der Waals surface area contributed by atoms with Crippen LogP contribution in [-0.4, -0.2) is 18.3 Å². The molecule has 1 aromatic rings. The van der Waals surface area contributed by atoms with Crippen LogP contribution in [-0.2, 0) is 0 Å². The Morgan fingerprint density at radius 3 is 2.50 bits per heavy atom. The third-order valence-electron chi connectivity index (χ3n) is 3.39. The van der Waals surface area contributed by atoms with E-state index in [0.29, 0.717) is 12.5 Å². The monoisotopic (exact) mass is 191 g/mol. The first-order valence-corrected chi connectivity index (χ1v) is 5.09. The smallest absolute Gasteiger partial charge is 0.0505 e. The van der Waals surface area contributed by atoms with Gasteiger partial charge < -0.3 is 10.8 Å². The number of aliphatic hydroxyl groups is 1. The summed E-state index contributed by atoms with van der Waals surface area (Å²) in [5.41, 5.74) is 8.25. The molecule has 0 bridgehead atoms. The lowest BCUT2D eigenvalue weighted by Gasteiger charge is -2.10. The summed E-state index contributed by atoms with van der Waals surface area (Å²) in [5, 5.41) is 9.26. The topological polar surface area (TPSA) is 46.2 Å². The number of rotatable bonds is 3. The standard InChI is InChI=1S/C12H17NO/c1-9-2-4-10(5-3-9)11-6-12(11,7-13)8-14/h2-5,11,14H,6-8,13H2,1H3/t11-,12+/m1/s1. The van der Waals surface area contributed by atoms with E-state index in [1.54, 1.807) is 0 Å². The molecule has 2 rings (SSSR count). The van der Waals surface area contributed by atoms with E-state index in [0.717, 1.165) is 6.42 Å². The molecular formula is C12H17NO. The molecule has 0 aromatic heterocycles. The minimum atomic E-state index is -0.0186. The van der Waals surface area contributed by atoms with Gasteiger partial charge in [0.2, 0.25) is 0 Å². The van der Waals surface area contributed by atoms with Crippen molar-refractivity contribution in [1.29, 1.82) is 0 Å². The van der Waals surface area contributed by atoms with Gasteiger partial charge in [-0.3, -0.25) is 0 Å². The second kappa shape index (κ2) is 3.37. The van der Waals surface area contributed by atoms with Crippen LogP contribution in [0.25, 0.3) is 0 Å². The van der Waals surface area contributed by atoms with E-state index in [-0.39, 0.29) is 12.0 Å². The molecule has 1 fully saturated rings. The molecule has 0 heterocycles. The second-order valence-corrected chi connectivity index (χ2v) is 4.39. The molecule has 1 aliphatic carbocycles. The highest BCUT2D eigenvalue weighted by molar-refractivity contribution is 5.32. The largest absolute Gasteiger partial charge is 0.396 e. The van der Waals surface area contributed by atoms with Crippen LogP contribution < -0.4 is 5.73 Å². The van der Waals surface area contributed by atoms with Crippen LogP contribution in [0.15, 0.2) is 24.3 Å². The van der Waals surface area contributed by atoms with E-state index >= 15 is 0 Å². The van der Waals surface area contributed by atoms with Crippen LogP contribution >= 0.6 is 0 Å². The van der Waals surface area contributed by atoms with Crippen LogP contribution in [0.3, 0.4) is 0 Å². The van der Waals surface area contributed by atoms with Crippen molar-refractivity contribution in [2.75, 3.05) is 13.2 Å². The van der Waals surface area contributed by atoms with Crippen LogP contribution in [0.4, 0.5) is 0 Å². The number of hydrogen-bond acceptors (Lipinski definition) is 2. The van der Waals surface area contributed by atoms with Crippen molar-refractivity contribution in [2.24, 2.45) is 11.1 Å². The molecule has 76 valence electrons. The molecule has 2 heteroatoms. The fraction of sp³-hybridized carbons (Fsp3) is 0.500. The van der Waals surface area contributed by atoms with E-state index in [1.165, 1.54) is 11.1 Å². The molecule has 0 radical (unpaired) electrons. The normalized spacial score (nSPS) is 30.4. The van der Waals surface area contributed by atoms with Gasteiger partial charge in [0, 0.05) is 12.0 Å². The molecule has 0 amide bonds. The van der Waals surface area contributed by atoms with Gasteiger partial charge in [-0.2, -0.15) is 0 Å². The SMILES string of the molecule is Cc1ccc([C@H]2C[C@]2(CN)CO)cc1. The molecule has 1 aromatic carbocycles. The van der Waals surface area contributed by atoms with Gasteiger partial charge >= 0.3 is 0 Å². The average Bonchev–Trinajstić information content (AvgIpc) is 2.94. The molecule has 0 aliphatic heterocycles. The van der Waals surface area contributed by atoms with Crippen LogP contribution in [0.5, 0.6) is 0 Å². The first-order valence-electron chi connectivity index (χ1n) is 5.09. The van der Waals surface area contributed by atoms with Crippen molar-refractivity contribution in [3.8, 4) is 0 Å². The lowest BCUT2D eigenvalue weighted by Crippen LogP contribution is -2.21. The molecule has 2 atom stereocenters. The van der Waals surface area contributed by atoms with Crippen LogP contribution in [0.2, 0.25) is 0 Å². The van der Waals surface area contributed by atoms with E-state index in [9.17, 15) is 5.11 Å². The van der Waals surface area contributed by atoms with Gasteiger partial charge in [0.25, 0.3) is 0 Å². The van der Waals surface area contributed by atoms with Crippen molar-refractivity contribution >= 4 is 0 Å². The Morgan fingerprint density at radius 2 is 2.07 bits per heavy atom. The van der Waals surface area contributed by atoms with Gasteiger partial charge in [-0.05, 0) is 24.8 Å². The van der Waals surface area contributed by atoms with E-state index in [2.05, 4.69) is 31.2 Å². The second-order valence-electron chi connectivity index (χ2n) is 4.39.